The Kier molecular flexibility index (Phi) is 11.0. The van der Waals surface area contributed by atoms with Crippen molar-refractivity contribution in [1.82, 2.24) is 9.71 Å². The van der Waals surface area contributed by atoms with Crippen LogP contribution in [0.25, 0.3) is 10.9 Å². The molecule has 0 radical (unpaired) electrons. The number of hydrogen-bond donors (Lipinski definition) is 4. The van der Waals surface area contributed by atoms with Crippen LogP contribution in [0.5, 0.6) is 5.75 Å². The molecule has 9 heteroatoms. The maximum absolute atomic E-state index is 10.3. The van der Waals surface area contributed by atoms with Crippen LogP contribution in [0, 0.1) is 0 Å². The zero-order valence-corrected chi connectivity index (χ0v) is 25.2. The second-order valence-corrected chi connectivity index (χ2v) is 12.1. The van der Waals surface area contributed by atoms with Crippen molar-refractivity contribution in [2.75, 3.05) is 24.6 Å². The molecule has 4 aromatic rings. The summed E-state index contributed by atoms with van der Waals surface area (Å²) in [6, 6.07) is 23.3. The molecule has 0 fully saturated rings. The van der Waals surface area contributed by atoms with Gasteiger partial charge in [-0.2, -0.15) is 0 Å². The van der Waals surface area contributed by atoms with Gasteiger partial charge in [-0.3, -0.25) is 9.52 Å². The Morgan fingerprint density at radius 1 is 1.15 bits per heavy atom. The van der Waals surface area contributed by atoms with Crippen LogP contribution in [-0.4, -0.2) is 52.7 Å². The zero-order chi connectivity index (χ0) is 29.4. The number of carboxylic acid groups (broad SMARTS) is 1. The third kappa shape index (κ3) is 7.77. The van der Waals surface area contributed by atoms with E-state index >= 15 is 0 Å². The first-order valence-corrected chi connectivity index (χ1v) is 15.1. The van der Waals surface area contributed by atoms with Gasteiger partial charge >= 0.3 is 0 Å². The van der Waals surface area contributed by atoms with Crippen molar-refractivity contribution in [2.45, 2.75) is 51.0 Å². The van der Waals surface area contributed by atoms with Crippen LogP contribution >= 0.6 is 23.5 Å². The Hall–Kier alpha value is -3.17. The molecule has 2 unspecified atom stereocenters. The topological polar surface area (TPSA) is 97.8 Å². The molecular formula is C32H38ClN3O4S. The average molecular weight is 596 g/mol. The van der Waals surface area contributed by atoms with Crippen molar-refractivity contribution in [2.24, 2.45) is 0 Å². The number of nitrogens with one attached hydrogen (secondary N) is 2. The van der Waals surface area contributed by atoms with Crippen LogP contribution in [-0.2, 0) is 17.6 Å². The summed E-state index contributed by atoms with van der Waals surface area (Å²) in [4.78, 5) is 14.6. The minimum absolute atomic E-state index is 0.0364. The third-order valence-electron chi connectivity index (χ3n) is 7.04. The van der Waals surface area contributed by atoms with E-state index in [0.29, 0.717) is 11.8 Å². The number of anilines is 1. The van der Waals surface area contributed by atoms with E-state index in [2.05, 4.69) is 83.9 Å². The lowest BCUT2D eigenvalue weighted by Gasteiger charge is -2.38. The van der Waals surface area contributed by atoms with E-state index in [1.807, 2.05) is 18.2 Å². The van der Waals surface area contributed by atoms with Gasteiger partial charge in [-0.25, -0.2) is 0 Å². The predicted octanol–water partition coefficient (Wildman–Crippen LogP) is 6.62. The van der Waals surface area contributed by atoms with Crippen LogP contribution in [0.4, 0.5) is 5.69 Å². The van der Waals surface area contributed by atoms with E-state index in [0.717, 1.165) is 35.7 Å². The molecular weight excluding hydrogens is 558 g/mol. The van der Waals surface area contributed by atoms with Crippen molar-refractivity contribution >= 4 is 46.6 Å². The summed E-state index contributed by atoms with van der Waals surface area (Å²) in [7, 11) is 0. The number of benzene rings is 3. The Morgan fingerprint density at radius 2 is 1.85 bits per heavy atom. The van der Waals surface area contributed by atoms with E-state index in [9.17, 15) is 5.11 Å². The van der Waals surface area contributed by atoms with E-state index in [1.165, 1.54) is 33.5 Å². The van der Waals surface area contributed by atoms with Crippen LogP contribution in [0.2, 0.25) is 5.02 Å². The van der Waals surface area contributed by atoms with Crippen LogP contribution in [0.15, 0.2) is 66.7 Å². The molecule has 1 aromatic heterocycles. The van der Waals surface area contributed by atoms with Gasteiger partial charge in [0.2, 0.25) is 0 Å². The largest absolute Gasteiger partial charge is 0.491 e. The quantitative estimate of drug-likeness (QED) is 0.121. The molecule has 2 heterocycles. The molecule has 0 saturated carbocycles. The Morgan fingerprint density at radius 3 is 2.51 bits per heavy atom. The summed E-state index contributed by atoms with van der Waals surface area (Å²) >= 11 is 7.99. The molecule has 41 heavy (non-hydrogen) atoms. The molecule has 0 bridgehead atoms. The van der Waals surface area contributed by atoms with Gasteiger partial charge < -0.3 is 24.8 Å². The predicted molar refractivity (Wildman–Crippen MR) is 169 cm³/mol. The first-order valence-electron chi connectivity index (χ1n) is 13.9. The highest BCUT2D eigenvalue weighted by atomic mass is 35.5. The van der Waals surface area contributed by atoms with Gasteiger partial charge in [0.05, 0.1) is 6.04 Å². The number of rotatable bonds is 10. The molecule has 0 aliphatic carbocycles. The highest BCUT2D eigenvalue weighted by Crippen LogP contribution is 2.41. The monoisotopic (exact) mass is 595 g/mol. The fourth-order valence-corrected chi connectivity index (χ4v) is 5.91. The molecule has 0 saturated heterocycles. The highest BCUT2D eigenvalue weighted by molar-refractivity contribution is 7.97. The molecule has 0 amide bonds. The fourth-order valence-electron chi connectivity index (χ4n) is 5.12. The summed E-state index contributed by atoms with van der Waals surface area (Å²) in [6.07, 6.45) is 1.41. The molecule has 7 nitrogen and oxygen atoms in total. The average Bonchev–Trinajstić information content (AvgIpc) is 3.34. The maximum atomic E-state index is 10.3. The molecule has 5 rings (SSSR count). The second-order valence-electron chi connectivity index (χ2n) is 10.2. The van der Waals surface area contributed by atoms with Crippen molar-refractivity contribution in [3.05, 3.63) is 94.1 Å². The molecule has 0 spiro atoms. The summed E-state index contributed by atoms with van der Waals surface area (Å²) < 4.78 is 9.09. The summed E-state index contributed by atoms with van der Waals surface area (Å²) in [6.45, 7) is 7.81. The lowest BCUT2D eigenvalue weighted by Crippen LogP contribution is -2.36. The van der Waals surface area contributed by atoms with E-state index in [1.54, 1.807) is 11.9 Å². The van der Waals surface area contributed by atoms with Crippen molar-refractivity contribution in [3.8, 4) is 5.75 Å². The molecule has 2 atom stereocenters. The fraction of sp³-hybridized carbons (Fsp3) is 0.344. The Bertz CT molecular complexity index is 1410. The number of carbonyl (C=O) groups is 1. The number of aliphatic hydroxyl groups is 1. The summed E-state index contributed by atoms with van der Waals surface area (Å²) in [5.74, 6) is 0.752. The minimum Gasteiger partial charge on any atom is -0.491 e. The van der Waals surface area contributed by atoms with Crippen molar-refractivity contribution in [1.29, 1.82) is 0 Å². The number of ether oxygens (including phenoxy) is 1. The van der Waals surface area contributed by atoms with E-state index in [4.69, 9.17) is 26.2 Å². The van der Waals surface area contributed by atoms with Gasteiger partial charge in [0.1, 0.15) is 18.5 Å². The van der Waals surface area contributed by atoms with Crippen molar-refractivity contribution < 1.29 is 19.7 Å². The highest BCUT2D eigenvalue weighted by Gasteiger charge is 2.32. The first-order chi connectivity index (χ1) is 19.8. The molecule has 218 valence electrons. The van der Waals surface area contributed by atoms with Crippen LogP contribution in [0.3, 0.4) is 0 Å². The minimum atomic E-state index is -0.568. The number of hydrogen-bond acceptors (Lipinski definition) is 6. The third-order valence-corrected chi connectivity index (χ3v) is 8.08. The standard InChI is InChI=1S/C31H36ClN3O2S.CH2O2/c1-4-21-5-10-24(11-6-21)35-16-15-27-28-17-23(32)9-14-29(28)34-30(27)31(35)22-7-12-26(13-8-22)37-19-25(36)18-33-38-20(2)3;2-1-3/h5-14,17,20,25,31,33-34,36H,4,15-16,18-19H2,1-3H3;1H,(H,2,3). The number of halogens is 1. The SMILES string of the molecule is CCc1ccc(N2CCc3c([nH]c4ccc(Cl)cc34)C2c2ccc(OCC(O)CNSC(C)C)cc2)cc1.O=CO. The van der Waals surface area contributed by atoms with Gasteiger partial charge in [-0.1, -0.05) is 68.6 Å². The lowest BCUT2D eigenvalue weighted by atomic mass is 9.91. The first kappa shape index (κ1) is 30.8. The normalized spacial score (nSPS) is 15.3. The Labute approximate surface area is 251 Å². The van der Waals surface area contributed by atoms with E-state index in [-0.39, 0.29) is 19.1 Å². The van der Waals surface area contributed by atoms with Crippen molar-refractivity contribution in [3.63, 3.8) is 0 Å². The summed E-state index contributed by atoms with van der Waals surface area (Å²) in [5.41, 5.74) is 7.40. The molecule has 1 aliphatic heterocycles. The Balaban J connectivity index is 0.00000124. The lowest BCUT2D eigenvalue weighted by molar-refractivity contribution is -0.122. The molecule has 1 aliphatic rings. The number of fused-ring (bicyclic) bond motifs is 3. The number of H-pyrrole nitrogens is 1. The zero-order valence-electron chi connectivity index (χ0n) is 23.6. The second kappa shape index (κ2) is 14.6. The number of aliphatic hydroxyl groups excluding tert-OH is 1. The molecule has 3 aromatic carbocycles. The van der Waals surface area contributed by atoms with Crippen LogP contribution < -0.4 is 14.4 Å². The smallest absolute Gasteiger partial charge is 0.290 e. The number of aromatic amines is 1. The summed E-state index contributed by atoms with van der Waals surface area (Å²) in [5, 5.41) is 19.6. The number of nitrogens with zero attached hydrogens (tertiary/aromatic N) is 1. The molecule has 4 N–H and O–H groups in total. The number of aryl methyl sites for hydroxylation is 1. The van der Waals surface area contributed by atoms with Gasteiger partial charge in [-0.05, 0) is 72.0 Å². The van der Waals surface area contributed by atoms with Gasteiger partial charge in [0.15, 0.2) is 0 Å². The van der Waals surface area contributed by atoms with Gasteiger partial charge in [0.25, 0.3) is 6.47 Å². The number of aromatic nitrogens is 1. The van der Waals surface area contributed by atoms with Gasteiger partial charge in [0, 0.05) is 45.6 Å². The maximum Gasteiger partial charge on any atom is 0.290 e. The van der Waals surface area contributed by atoms with Crippen LogP contribution in [0.1, 0.15) is 49.2 Å². The van der Waals surface area contributed by atoms with Gasteiger partial charge in [-0.15, -0.1) is 0 Å². The van der Waals surface area contributed by atoms with E-state index < -0.39 is 6.10 Å².